The molecule has 0 aliphatic heterocycles. The Hall–Kier alpha value is -2.85. The normalized spacial score (nSPS) is 11.8. The summed E-state index contributed by atoms with van der Waals surface area (Å²) in [6.07, 6.45) is 1.91. The van der Waals surface area contributed by atoms with Crippen molar-refractivity contribution in [1.82, 2.24) is 14.5 Å². The number of halogens is 1. The highest BCUT2D eigenvalue weighted by molar-refractivity contribution is 14.1. The van der Waals surface area contributed by atoms with Gasteiger partial charge in [0.25, 0.3) is 0 Å². The summed E-state index contributed by atoms with van der Waals surface area (Å²) in [4.78, 5) is 7.81. The Morgan fingerprint density at radius 2 is 1.93 bits per heavy atom. The van der Waals surface area contributed by atoms with Crippen LogP contribution in [0.15, 0.2) is 48.5 Å². The lowest BCUT2D eigenvalue weighted by Crippen LogP contribution is -2.00. The molecule has 0 amide bonds. The molecule has 4 nitrogen and oxygen atoms in total. The summed E-state index contributed by atoms with van der Waals surface area (Å²) < 4.78 is 3.48. The molecule has 0 saturated heterocycles. The van der Waals surface area contributed by atoms with Crippen molar-refractivity contribution in [3.8, 4) is 11.8 Å². The van der Waals surface area contributed by atoms with Crippen molar-refractivity contribution in [2.75, 3.05) is 0 Å². The van der Waals surface area contributed by atoms with Crippen molar-refractivity contribution < 1.29 is 0 Å². The maximum atomic E-state index is 9.73. The second-order valence-corrected chi connectivity index (χ2v) is 8.03. The lowest BCUT2D eigenvalue weighted by Gasteiger charge is -2.11. The molecular weight excluding hydrogens is 459 g/mol. The molecule has 1 N–H and O–H groups in total. The summed E-state index contributed by atoms with van der Waals surface area (Å²) >= 11 is 2.35. The SMILES string of the molecule is Cc1cc(-n2c(C)cc(/C=C(/C#N)c3nc4ccccc4[nH]3)c2C)ccc1I. The monoisotopic (exact) mass is 478 g/mol. The van der Waals surface area contributed by atoms with Gasteiger partial charge in [0, 0.05) is 20.6 Å². The van der Waals surface area contributed by atoms with E-state index in [1.165, 1.54) is 9.13 Å². The van der Waals surface area contributed by atoms with E-state index in [0.717, 1.165) is 33.7 Å². The second-order valence-electron chi connectivity index (χ2n) is 6.87. The average Bonchev–Trinajstić information content (AvgIpc) is 3.23. The quantitative estimate of drug-likeness (QED) is 0.292. The van der Waals surface area contributed by atoms with E-state index in [1.54, 1.807) is 0 Å². The zero-order chi connectivity index (χ0) is 19.8. The molecular formula is C23H19IN4. The summed E-state index contributed by atoms with van der Waals surface area (Å²) in [7, 11) is 0. The van der Waals surface area contributed by atoms with Crippen LogP contribution in [-0.4, -0.2) is 14.5 Å². The van der Waals surface area contributed by atoms with E-state index in [2.05, 4.69) is 88.2 Å². The molecule has 4 rings (SSSR count). The fraction of sp³-hybridized carbons (Fsp3) is 0.130. The number of nitrogens with zero attached hydrogens (tertiary/aromatic N) is 3. The molecule has 4 aromatic rings. The van der Waals surface area contributed by atoms with E-state index in [0.29, 0.717) is 11.4 Å². The number of aromatic amines is 1. The zero-order valence-corrected chi connectivity index (χ0v) is 18.1. The molecule has 138 valence electrons. The number of allylic oxidation sites excluding steroid dienone is 1. The van der Waals surface area contributed by atoms with E-state index in [1.807, 2.05) is 30.3 Å². The van der Waals surface area contributed by atoms with Gasteiger partial charge in [-0.1, -0.05) is 12.1 Å². The second kappa shape index (κ2) is 7.28. The van der Waals surface area contributed by atoms with E-state index in [4.69, 9.17) is 0 Å². The molecule has 2 aromatic carbocycles. The van der Waals surface area contributed by atoms with Crippen LogP contribution in [0.4, 0.5) is 0 Å². The highest BCUT2D eigenvalue weighted by Gasteiger charge is 2.13. The fourth-order valence-corrected chi connectivity index (χ4v) is 3.82. The predicted molar refractivity (Wildman–Crippen MR) is 122 cm³/mol. The highest BCUT2D eigenvalue weighted by Crippen LogP contribution is 2.26. The van der Waals surface area contributed by atoms with Gasteiger partial charge in [-0.05, 0) is 97.0 Å². The Bertz CT molecular complexity index is 1230. The minimum Gasteiger partial charge on any atom is -0.337 e. The van der Waals surface area contributed by atoms with Gasteiger partial charge in [-0.15, -0.1) is 0 Å². The molecule has 0 spiro atoms. The van der Waals surface area contributed by atoms with E-state index < -0.39 is 0 Å². The van der Waals surface area contributed by atoms with Crippen LogP contribution in [0.3, 0.4) is 0 Å². The Morgan fingerprint density at radius 3 is 2.64 bits per heavy atom. The smallest absolute Gasteiger partial charge is 0.149 e. The minimum atomic E-state index is 0.523. The molecule has 0 fully saturated rings. The molecule has 0 bridgehead atoms. The number of hydrogen-bond acceptors (Lipinski definition) is 2. The summed E-state index contributed by atoms with van der Waals surface area (Å²) in [5, 5.41) is 9.73. The Balaban J connectivity index is 1.80. The first-order valence-electron chi connectivity index (χ1n) is 9.00. The van der Waals surface area contributed by atoms with E-state index in [-0.39, 0.29) is 0 Å². The molecule has 0 aliphatic rings. The molecule has 28 heavy (non-hydrogen) atoms. The number of rotatable bonds is 3. The molecule has 0 saturated carbocycles. The van der Waals surface area contributed by atoms with Gasteiger partial charge in [0.2, 0.25) is 0 Å². The van der Waals surface area contributed by atoms with Crippen molar-refractivity contribution in [1.29, 1.82) is 5.26 Å². The van der Waals surface area contributed by atoms with Crippen molar-refractivity contribution >= 4 is 45.3 Å². The van der Waals surface area contributed by atoms with E-state index in [9.17, 15) is 5.26 Å². The molecule has 0 unspecified atom stereocenters. The number of nitriles is 1. The average molecular weight is 478 g/mol. The predicted octanol–water partition coefficient (Wildman–Crippen LogP) is 5.95. The van der Waals surface area contributed by atoms with Gasteiger partial charge in [-0.3, -0.25) is 0 Å². The van der Waals surface area contributed by atoms with Crippen LogP contribution >= 0.6 is 22.6 Å². The molecule has 0 atom stereocenters. The largest absolute Gasteiger partial charge is 0.337 e. The minimum absolute atomic E-state index is 0.523. The van der Waals surface area contributed by atoms with Crippen LogP contribution in [0.1, 0.15) is 28.3 Å². The first kappa shape index (κ1) is 18.5. The lowest BCUT2D eigenvalue weighted by molar-refractivity contribution is 0.961. The number of nitrogens with one attached hydrogen (secondary N) is 1. The standard InChI is InChI=1S/C23H19IN4/c1-14-10-19(8-9-20(14)24)28-15(2)11-17(16(28)3)12-18(13-25)23-26-21-6-4-5-7-22(21)27-23/h4-12H,1-3H3,(H,26,27)/b18-12-. The van der Waals surface area contributed by atoms with Gasteiger partial charge in [-0.2, -0.15) is 5.26 Å². The number of para-hydroxylation sites is 2. The van der Waals surface area contributed by atoms with Crippen LogP contribution in [0.2, 0.25) is 0 Å². The molecule has 0 radical (unpaired) electrons. The van der Waals surface area contributed by atoms with Gasteiger partial charge < -0.3 is 9.55 Å². The van der Waals surface area contributed by atoms with Crippen LogP contribution in [-0.2, 0) is 0 Å². The zero-order valence-electron chi connectivity index (χ0n) is 15.9. The third kappa shape index (κ3) is 3.25. The van der Waals surface area contributed by atoms with Crippen LogP contribution in [0.5, 0.6) is 0 Å². The van der Waals surface area contributed by atoms with Crippen LogP contribution in [0, 0.1) is 35.7 Å². The van der Waals surface area contributed by atoms with Crippen molar-refractivity contribution in [2.24, 2.45) is 0 Å². The first-order chi connectivity index (χ1) is 13.5. The van der Waals surface area contributed by atoms with E-state index >= 15 is 0 Å². The van der Waals surface area contributed by atoms with Gasteiger partial charge in [0.15, 0.2) is 0 Å². The third-order valence-corrected chi connectivity index (χ3v) is 6.15. The van der Waals surface area contributed by atoms with Gasteiger partial charge >= 0.3 is 0 Å². The van der Waals surface area contributed by atoms with Crippen molar-refractivity contribution in [2.45, 2.75) is 20.8 Å². The molecule has 2 heterocycles. The number of hydrogen-bond donors (Lipinski definition) is 1. The number of imidazole rings is 1. The Labute approximate surface area is 177 Å². The number of aryl methyl sites for hydroxylation is 2. The molecule has 0 aliphatic carbocycles. The number of aromatic nitrogens is 3. The van der Waals surface area contributed by atoms with Crippen molar-refractivity contribution in [3.05, 3.63) is 80.4 Å². The third-order valence-electron chi connectivity index (χ3n) is 4.93. The summed E-state index contributed by atoms with van der Waals surface area (Å²) in [6, 6.07) is 18.7. The van der Waals surface area contributed by atoms with Crippen LogP contribution in [0.25, 0.3) is 28.4 Å². The van der Waals surface area contributed by atoms with Crippen molar-refractivity contribution in [3.63, 3.8) is 0 Å². The topological polar surface area (TPSA) is 57.4 Å². The summed E-state index contributed by atoms with van der Waals surface area (Å²) in [5.41, 5.74) is 7.95. The molecule has 5 heteroatoms. The Kier molecular flexibility index (Phi) is 4.82. The maximum absolute atomic E-state index is 9.73. The summed E-state index contributed by atoms with van der Waals surface area (Å²) in [5.74, 6) is 0.596. The molecule has 2 aromatic heterocycles. The lowest BCUT2D eigenvalue weighted by atomic mass is 10.1. The highest BCUT2D eigenvalue weighted by atomic mass is 127. The number of fused-ring (bicyclic) bond motifs is 1. The first-order valence-corrected chi connectivity index (χ1v) is 10.1. The van der Waals surface area contributed by atoms with Gasteiger partial charge in [0.05, 0.1) is 16.6 Å². The number of benzene rings is 2. The van der Waals surface area contributed by atoms with Gasteiger partial charge in [-0.25, -0.2) is 4.98 Å². The van der Waals surface area contributed by atoms with Gasteiger partial charge in [0.1, 0.15) is 11.9 Å². The van der Waals surface area contributed by atoms with Crippen LogP contribution < -0.4 is 0 Å². The number of H-pyrrole nitrogens is 1. The maximum Gasteiger partial charge on any atom is 0.149 e. The fourth-order valence-electron chi connectivity index (χ4n) is 3.49. The Morgan fingerprint density at radius 1 is 1.14 bits per heavy atom. The summed E-state index contributed by atoms with van der Waals surface area (Å²) in [6.45, 7) is 6.29.